The first-order valence-corrected chi connectivity index (χ1v) is 25.4. The third kappa shape index (κ3) is 10.3. The lowest BCUT2D eigenvalue weighted by Gasteiger charge is -2.45. The number of nitrogens with zero attached hydrogens (tertiary/aromatic N) is 7. The molecule has 5 fully saturated rings. The molecular formula is C54H64F4N8O6. The fraction of sp³-hybridized carbons (Fsp3) is 0.537. The molecule has 18 heteroatoms. The molecule has 1 unspecified atom stereocenters. The first-order chi connectivity index (χ1) is 34.5. The number of pyridine rings is 1. The number of aryl methyl sites for hydroxylation is 1. The molecule has 1 aliphatic carbocycles. The van der Waals surface area contributed by atoms with Gasteiger partial charge in [0.15, 0.2) is 12.6 Å². The number of aromatic nitrogens is 3. The number of fused-ring (bicyclic) bond motifs is 2. The fourth-order valence-electron chi connectivity index (χ4n) is 11.5. The zero-order chi connectivity index (χ0) is 50.5. The van der Waals surface area contributed by atoms with Crippen molar-refractivity contribution in [2.24, 2.45) is 10.8 Å². The summed E-state index contributed by atoms with van der Waals surface area (Å²) in [5, 5.41) is 14.9. The van der Waals surface area contributed by atoms with Crippen molar-refractivity contribution in [3.63, 3.8) is 0 Å². The molecule has 2 N–H and O–H groups in total. The van der Waals surface area contributed by atoms with Crippen LogP contribution < -0.4 is 24.6 Å². The molecule has 2 atom stereocenters. The van der Waals surface area contributed by atoms with Gasteiger partial charge in [-0.05, 0) is 123 Å². The van der Waals surface area contributed by atoms with Crippen molar-refractivity contribution in [3.05, 3.63) is 77.0 Å². The monoisotopic (exact) mass is 996 g/mol. The number of hydrogen-bond donors (Lipinski definition) is 2. The summed E-state index contributed by atoms with van der Waals surface area (Å²) < 4.78 is 80.9. The van der Waals surface area contributed by atoms with Gasteiger partial charge in [-0.3, -0.25) is 24.8 Å². The molecule has 0 bridgehead atoms. The van der Waals surface area contributed by atoms with E-state index in [0.717, 1.165) is 65.0 Å². The summed E-state index contributed by atoms with van der Waals surface area (Å²) in [6.07, 6.45) is 7.34. The molecule has 4 saturated heterocycles. The molecule has 0 spiro atoms. The Kier molecular flexibility index (Phi) is 13.8. The number of rotatable bonds is 15. The Morgan fingerprint density at radius 3 is 2.25 bits per heavy atom. The number of imide groups is 1. The molecule has 14 nitrogen and oxygen atoms in total. The molecule has 384 valence electrons. The predicted octanol–water partition coefficient (Wildman–Crippen LogP) is 7.90. The van der Waals surface area contributed by atoms with Gasteiger partial charge in [-0.2, -0.15) is 9.97 Å². The van der Waals surface area contributed by atoms with Crippen LogP contribution in [-0.4, -0.2) is 133 Å². The Hall–Kier alpha value is -5.69. The molecular weight excluding hydrogens is 933 g/mol. The van der Waals surface area contributed by atoms with Crippen molar-refractivity contribution in [1.82, 2.24) is 30.1 Å². The van der Waals surface area contributed by atoms with Crippen molar-refractivity contribution in [1.29, 1.82) is 0 Å². The maximum atomic E-state index is 17.4. The highest BCUT2D eigenvalue weighted by atomic mass is 19.1. The summed E-state index contributed by atoms with van der Waals surface area (Å²) in [6, 6.07) is 9.14. The lowest BCUT2D eigenvalue weighted by Crippen LogP contribution is -2.52. The van der Waals surface area contributed by atoms with Gasteiger partial charge in [-0.15, -0.1) is 0 Å². The molecule has 5 aromatic rings. The van der Waals surface area contributed by atoms with Crippen molar-refractivity contribution < 1.29 is 46.5 Å². The maximum Gasteiger partial charge on any atom is 0.319 e. The first kappa shape index (κ1) is 49.9. The van der Waals surface area contributed by atoms with Crippen LogP contribution in [0.3, 0.4) is 0 Å². The van der Waals surface area contributed by atoms with Crippen LogP contribution in [0.2, 0.25) is 0 Å². The SMILES string of the molecule is CCc1c(F)ccc2cc(OCOC)cc(-c3ncc4c(N5CCC[C@@](C)(O)C5)nc(OCC5(CN6CCC(C)(CN7CCN(c8cc(F)c(C9CCC(=O)NC9=O)c(F)c8)CC7)CC6)CC5)nc4c3F)c12. The van der Waals surface area contributed by atoms with Crippen LogP contribution in [0.4, 0.5) is 29.1 Å². The second-order valence-electron chi connectivity index (χ2n) is 21.5. The summed E-state index contributed by atoms with van der Waals surface area (Å²) >= 11 is 0. The highest BCUT2D eigenvalue weighted by molar-refractivity contribution is 6.02. The van der Waals surface area contributed by atoms with E-state index in [4.69, 9.17) is 24.2 Å². The number of β-amino-alcohol motifs (C(OH)–C–C–N with tert-alkyl or cyclic N) is 1. The minimum absolute atomic E-state index is 0.0149. The van der Waals surface area contributed by atoms with E-state index in [0.29, 0.717) is 90.0 Å². The number of methoxy groups -OCH3 is 1. The van der Waals surface area contributed by atoms with E-state index in [2.05, 4.69) is 27.0 Å². The molecule has 4 aliphatic heterocycles. The van der Waals surface area contributed by atoms with E-state index in [1.54, 1.807) is 31.3 Å². The molecule has 2 aromatic heterocycles. The number of likely N-dealkylation sites (tertiary alicyclic amines) is 1. The number of anilines is 2. The van der Waals surface area contributed by atoms with Crippen molar-refractivity contribution >= 4 is 45.0 Å². The van der Waals surface area contributed by atoms with Gasteiger partial charge >= 0.3 is 6.01 Å². The zero-order valence-corrected chi connectivity index (χ0v) is 41.6. The van der Waals surface area contributed by atoms with Gasteiger partial charge in [0.2, 0.25) is 11.8 Å². The summed E-state index contributed by atoms with van der Waals surface area (Å²) in [4.78, 5) is 47.2. The average Bonchev–Trinajstić information content (AvgIpc) is 4.12. The number of piperidine rings is 3. The minimum atomic E-state index is -1.03. The fourth-order valence-corrected chi connectivity index (χ4v) is 11.5. The number of nitrogens with one attached hydrogen (secondary N) is 1. The van der Waals surface area contributed by atoms with Gasteiger partial charge in [-0.1, -0.05) is 19.9 Å². The van der Waals surface area contributed by atoms with Gasteiger partial charge < -0.3 is 34.0 Å². The number of halogens is 4. The van der Waals surface area contributed by atoms with Crippen LogP contribution in [-0.2, 0) is 20.7 Å². The van der Waals surface area contributed by atoms with Gasteiger partial charge in [0.25, 0.3) is 0 Å². The number of carbonyl (C=O) groups is 2. The van der Waals surface area contributed by atoms with E-state index in [1.807, 2.05) is 16.7 Å². The van der Waals surface area contributed by atoms with Crippen molar-refractivity contribution in [2.75, 3.05) is 95.8 Å². The largest absolute Gasteiger partial charge is 0.468 e. The molecule has 5 aliphatic rings. The Morgan fingerprint density at radius 2 is 1.57 bits per heavy atom. The number of amides is 2. The molecule has 72 heavy (non-hydrogen) atoms. The van der Waals surface area contributed by atoms with Gasteiger partial charge in [-0.25, -0.2) is 17.6 Å². The second kappa shape index (κ2) is 20.0. The molecule has 6 heterocycles. The number of hydrogen-bond acceptors (Lipinski definition) is 13. The Morgan fingerprint density at radius 1 is 0.833 bits per heavy atom. The van der Waals surface area contributed by atoms with Crippen LogP contribution >= 0.6 is 0 Å². The summed E-state index contributed by atoms with van der Waals surface area (Å²) in [5.41, 5.74) is -0.0389. The third-order valence-electron chi connectivity index (χ3n) is 15.8. The summed E-state index contributed by atoms with van der Waals surface area (Å²) in [5.74, 6) is -3.92. The number of aliphatic hydroxyl groups is 1. The Labute approximate surface area is 417 Å². The maximum absolute atomic E-state index is 17.4. The quantitative estimate of drug-likeness (QED) is 0.0596. The topological polar surface area (TPSA) is 146 Å². The molecule has 2 amide bonds. The number of piperazine rings is 1. The van der Waals surface area contributed by atoms with E-state index >= 15 is 17.6 Å². The third-order valence-corrected chi connectivity index (χ3v) is 15.8. The van der Waals surface area contributed by atoms with Gasteiger partial charge in [0, 0.05) is 94.3 Å². The number of carbonyl (C=O) groups excluding carboxylic acids is 2. The summed E-state index contributed by atoms with van der Waals surface area (Å²) in [7, 11) is 1.51. The summed E-state index contributed by atoms with van der Waals surface area (Å²) in [6.45, 7) is 13.5. The molecule has 3 aromatic carbocycles. The number of ether oxygens (including phenoxy) is 3. The minimum Gasteiger partial charge on any atom is -0.468 e. The lowest BCUT2D eigenvalue weighted by atomic mass is 9.79. The van der Waals surface area contributed by atoms with E-state index in [1.165, 1.54) is 25.3 Å². The standard InChI is InChI=1S/C54H64F4N8O6/c1-5-36-40(55)9-7-33-23-35(72-32-70-4)26-38(44(33)36)47-46(58)48-39(27-59-47)49(66-16-6-11-53(3,69)29-66)62-51(61-48)71-31-54(12-13-54)30-63-17-14-52(2,15-18-63)28-64-19-21-65(22-20-64)34-24-41(56)45(42(57)25-34)37-8-10-43(67)60-50(37)68/h7,9,23-27,37,69H,5-6,8,10-22,28-32H2,1-4H3,(H,60,67,68)/t37?,53-/m1/s1. The molecule has 10 rings (SSSR count). The van der Waals surface area contributed by atoms with Gasteiger partial charge in [0.1, 0.15) is 40.2 Å². The Balaban J connectivity index is 0.810. The van der Waals surface area contributed by atoms with Crippen molar-refractivity contribution in [2.45, 2.75) is 90.1 Å². The van der Waals surface area contributed by atoms with E-state index in [-0.39, 0.29) is 59.8 Å². The highest BCUT2D eigenvalue weighted by Crippen LogP contribution is 2.48. The zero-order valence-electron chi connectivity index (χ0n) is 41.6. The smallest absolute Gasteiger partial charge is 0.319 e. The van der Waals surface area contributed by atoms with Crippen molar-refractivity contribution in [3.8, 4) is 23.0 Å². The van der Waals surface area contributed by atoms with E-state index < -0.39 is 46.6 Å². The lowest BCUT2D eigenvalue weighted by molar-refractivity contribution is -0.134. The Bertz CT molecular complexity index is 2860. The second-order valence-corrected chi connectivity index (χ2v) is 21.5. The number of benzene rings is 3. The molecule has 1 saturated carbocycles. The first-order valence-electron chi connectivity index (χ1n) is 25.4. The van der Waals surface area contributed by atoms with Crippen LogP contribution in [0.15, 0.2) is 42.6 Å². The van der Waals surface area contributed by atoms with Gasteiger partial charge in [0.05, 0.1) is 23.5 Å². The van der Waals surface area contributed by atoms with Crippen LogP contribution in [0.5, 0.6) is 11.8 Å². The predicted molar refractivity (Wildman–Crippen MR) is 265 cm³/mol. The van der Waals surface area contributed by atoms with E-state index in [9.17, 15) is 14.7 Å². The molecule has 0 radical (unpaired) electrons. The normalized spacial score (nSPS) is 22.7. The highest BCUT2D eigenvalue weighted by Gasteiger charge is 2.46. The van der Waals surface area contributed by atoms with Crippen LogP contribution in [0.1, 0.15) is 89.2 Å². The van der Waals surface area contributed by atoms with Crippen LogP contribution in [0, 0.1) is 34.1 Å². The van der Waals surface area contributed by atoms with Crippen LogP contribution in [0.25, 0.3) is 32.9 Å². The average molecular weight is 997 g/mol.